The molecule has 2 aliphatic heterocycles. The Morgan fingerprint density at radius 1 is 1.03 bits per heavy atom. The van der Waals surface area contributed by atoms with Crippen LogP contribution >= 0.6 is 0 Å². The van der Waals surface area contributed by atoms with Gasteiger partial charge in [-0.3, -0.25) is 4.90 Å². The molecule has 2 aliphatic rings. The van der Waals surface area contributed by atoms with E-state index < -0.39 is 17.6 Å². The van der Waals surface area contributed by atoms with Crippen molar-refractivity contribution >= 4 is 28.0 Å². The number of alkyl halides is 3. The van der Waals surface area contributed by atoms with E-state index in [-0.39, 0.29) is 22.2 Å². The first kappa shape index (κ1) is 24.3. The number of aromatic nitrogens is 1. The van der Waals surface area contributed by atoms with E-state index in [1.807, 2.05) is 18.2 Å². The van der Waals surface area contributed by atoms with E-state index in [1.165, 1.54) is 12.1 Å². The maximum atomic E-state index is 13.6. The summed E-state index contributed by atoms with van der Waals surface area (Å²) < 4.78 is 40.7. The van der Waals surface area contributed by atoms with Crippen molar-refractivity contribution in [2.24, 2.45) is 10.1 Å². The van der Waals surface area contributed by atoms with Crippen LogP contribution in [-0.2, 0) is 11.0 Å². The normalized spacial score (nSPS) is 18.1. The van der Waals surface area contributed by atoms with Gasteiger partial charge in [-0.05, 0) is 25.1 Å². The maximum absolute atomic E-state index is 13.6. The van der Waals surface area contributed by atoms with E-state index >= 15 is 0 Å². The second-order valence-corrected chi connectivity index (χ2v) is 9.01. The Kier molecular flexibility index (Phi) is 6.72. The molecule has 0 spiro atoms. The maximum Gasteiger partial charge on any atom is 0.418 e. The molecular weight excluding hydrogens is 471 g/mol. The number of aromatic amines is 1. The van der Waals surface area contributed by atoms with Crippen molar-refractivity contribution in [3.05, 3.63) is 59.2 Å². The van der Waals surface area contributed by atoms with Crippen LogP contribution in [0.5, 0.6) is 5.88 Å². The summed E-state index contributed by atoms with van der Waals surface area (Å²) in [6.07, 6.45) is -3.42. The van der Waals surface area contributed by atoms with Crippen molar-refractivity contribution in [3.8, 4) is 5.88 Å². The van der Waals surface area contributed by atoms with E-state index in [2.05, 4.69) is 31.9 Å². The third-order valence-corrected chi connectivity index (χ3v) is 6.63. The SMILES string of the molecule is CCCN1CCN(CCON=C2C(c3c(O)[nH]c4c(C(F)(F)F)cccc34)=Nc3ccccc32)CC1. The lowest BCUT2D eigenvalue weighted by Crippen LogP contribution is -2.47. The molecule has 0 atom stereocenters. The van der Waals surface area contributed by atoms with Crippen molar-refractivity contribution < 1.29 is 23.1 Å². The quantitative estimate of drug-likeness (QED) is 0.363. The Bertz CT molecular complexity index is 1310. The van der Waals surface area contributed by atoms with Crippen LogP contribution in [0.1, 0.15) is 30.0 Å². The molecule has 1 fully saturated rings. The van der Waals surface area contributed by atoms with E-state index in [9.17, 15) is 18.3 Å². The van der Waals surface area contributed by atoms with Gasteiger partial charge in [0.25, 0.3) is 0 Å². The molecule has 0 aliphatic carbocycles. The fourth-order valence-corrected chi connectivity index (χ4v) is 4.85. The number of H-pyrrole nitrogens is 1. The summed E-state index contributed by atoms with van der Waals surface area (Å²) >= 11 is 0. The van der Waals surface area contributed by atoms with Gasteiger partial charge in [0.15, 0.2) is 5.88 Å². The van der Waals surface area contributed by atoms with Gasteiger partial charge in [0.05, 0.1) is 22.3 Å². The second kappa shape index (κ2) is 9.94. The number of piperazine rings is 1. The number of benzene rings is 2. The monoisotopic (exact) mass is 499 g/mol. The molecule has 1 saturated heterocycles. The number of nitrogens with zero attached hydrogens (tertiary/aromatic N) is 4. The Morgan fingerprint density at radius 2 is 1.75 bits per heavy atom. The van der Waals surface area contributed by atoms with Crippen LogP contribution in [0.4, 0.5) is 18.9 Å². The van der Waals surface area contributed by atoms with E-state index in [0.717, 1.165) is 51.8 Å². The molecule has 36 heavy (non-hydrogen) atoms. The predicted octanol–water partition coefficient (Wildman–Crippen LogP) is 4.78. The molecule has 2 N–H and O–H groups in total. The zero-order chi connectivity index (χ0) is 25.3. The fraction of sp³-hybridized carbons (Fsp3) is 0.385. The standard InChI is InChI=1S/C26H28F3N5O2/c1-2-10-33-11-13-34(14-12-33)15-16-36-32-23-17-6-3-4-9-20(17)30-24(23)21-18-7-5-8-19(26(27,28)29)22(18)31-25(21)35/h3-9,31,35H,2,10-16H2,1H3. The Balaban J connectivity index is 1.39. The molecule has 7 nitrogen and oxygen atoms in total. The zero-order valence-corrected chi connectivity index (χ0v) is 20.0. The van der Waals surface area contributed by atoms with E-state index in [4.69, 9.17) is 4.84 Å². The van der Waals surface area contributed by atoms with Gasteiger partial charge in [-0.15, -0.1) is 0 Å². The molecule has 3 aromatic rings. The summed E-state index contributed by atoms with van der Waals surface area (Å²) in [6, 6.07) is 11.1. The lowest BCUT2D eigenvalue weighted by Gasteiger charge is -2.34. The molecule has 3 heterocycles. The fourth-order valence-electron chi connectivity index (χ4n) is 4.85. The third-order valence-electron chi connectivity index (χ3n) is 6.63. The van der Waals surface area contributed by atoms with Crippen LogP contribution in [-0.4, -0.2) is 77.2 Å². The molecule has 2 aromatic carbocycles. The topological polar surface area (TPSA) is 76.5 Å². The number of rotatable bonds is 7. The predicted molar refractivity (Wildman–Crippen MR) is 133 cm³/mol. The summed E-state index contributed by atoms with van der Waals surface area (Å²) in [5, 5.41) is 15.2. The van der Waals surface area contributed by atoms with Gasteiger partial charge in [-0.1, -0.05) is 42.4 Å². The van der Waals surface area contributed by atoms with Crippen molar-refractivity contribution in [1.29, 1.82) is 0 Å². The van der Waals surface area contributed by atoms with Crippen LogP contribution in [0, 0.1) is 0 Å². The van der Waals surface area contributed by atoms with E-state index in [0.29, 0.717) is 23.6 Å². The molecule has 190 valence electrons. The van der Waals surface area contributed by atoms with Crippen LogP contribution in [0.2, 0.25) is 0 Å². The smallest absolute Gasteiger partial charge is 0.418 e. The molecule has 10 heteroatoms. The number of aliphatic imine (C=N–C) groups is 1. The highest BCUT2D eigenvalue weighted by Gasteiger charge is 2.36. The minimum Gasteiger partial charge on any atom is -0.494 e. The van der Waals surface area contributed by atoms with Crippen LogP contribution in [0.25, 0.3) is 10.9 Å². The first-order chi connectivity index (χ1) is 17.4. The number of fused-ring (bicyclic) bond motifs is 2. The van der Waals surface area contributed by atoms with E-state index in [1.54, 1.807) is 6.07 Å². The van der Waals surface area contributed by atoms with Crippen LogP contribution in [0.15, 0.2) is 52.6 Å². The second-order valence-electron chi connectivity index (χ2n) is 9.01. The third kappa shape index (κ3) is 4.70. The van der Waals surface area contributed by atoms with Gasteiger partial charge in [-0.2, -0.15) is 13.2 Å². The average Bonchev–Trinajstić information content (AvgIpc) is 3.38. The number of oxime groups is 1. The van der Waals surface area contributed by atoms with Crippen molar-refractivity contribution in [1.82, 2.24) is 14.8 Å². The number of para-hydroxylation sites is 2. The number of hydrogen-bond acceptors (Lipinski definition) is 6. The molecule has 1 aromatic heterocycles. The molecule has 0 bridgehead atoms. The first-order valence-electron chi connectivity index (χ1n) is 12.1. The summed E-state index contributed by atoms with van der Waals surface area (Å²) in [7, 11) is 0. The highest BCUT2D eigenvalue weighted by atomic mass is 19.4. The summed E-state index contributed by atoms with van der Waals surface area (Å²) in [4.78, 5) is 17.6. The molecule has 0 amide bonds. The average molecular weight is 500 g/mol. The van der Waals surface area contributed by atoms with Crippen LogP contribution in [0.3, 0.4) is 0 Å². The Labute approximate surface area is 206 Å². The molecule has 0 radical (unpaired) electrons. The van der Waals surface area contributed by atoms with Gasteiger partial charge in [0.1, 0.15) is 18.0 Å². The molecule has 0 unspecified atom stereocenters. The van der Waals surface area contributed by atoms with Crippen molar-refractivity contribution in [3.63, 3.8) is 0 Å². The Hall–Kier alpha value is -3.37. The zero-order valence-electron chi connectivity index (χ0n) is 20.0. The summed E-state index contributed by atoms with van der Waals surface area (Å²) in [6.45, 7) is 8.40. The minimum absolute atomic E-state index is 0.168. The van der Waals surface area contributed by atoms with Gasteiger partial charge in [0, 0.05) is 43.7 Å². The molecular formula is C26H28F3N5O2. The first-order valence-corrected chi connectivity index (χ1v) is 12.1. The number of nitrogens with one attached hydrogen (secondary N) is 1. The molecule has 0 saturated carbocycles. The van der Waals surface area contributed by atoms with Gasteiger partial charge >= 0.3 is 6.18 Å². The lowest BCUT2D eigenvalue weighted by molar-refractivity contribution is -0.136. The highest BCUT2D eigenvalue weighted by molar-refractivity contribution is 6.58. The highest BCUT2D eigenvalue weighted by Crippen LogP contribution is 2.40. The van der Waals surface area contributed by atoms with Crippen molar-refractivity contribution in [2.45, 2.75) is 19.5 Å². The lowest BCUT2D eigenvalue weighted by atomic mass is 10.00. The summed E-state index contributed by atoms with van der Waals surface area (Å²) in [5.41, 5.74) is 1.08. The van der Waals surface area contributed by atoms with Gasteiger partial charge in [0.2, 0.25) is 0 Å². The van der Waals surface area contributed by atoms with Crippen molar-refractivity contribution in [2.75, 3.05) is 45.9 Å². The number of halogens is 3. The van der Waals surface area contributed by atoms with Gasteiger partial charge in [-0.25, -0.2) is 4.99 Å². The largest absolute Gasteiger partial charge is 0.494 e. The van der Waals surface area contributed by atoms with Gasteiger partial charge < -0.3 is 19.8 Å². The van der Waals surface area contributed by atoms with Crippen LogP contribution < -0.4 is 0 Å². The number of aromatic hydroxyl groups is 1. The minimum atomic E-state index is -4.57. The number of hydrogen-bond donors (Lipinski definition) is 2. The summed E-state index contributed by atoms with van der Waals surface area (Å²) in [5.74, 6) is -0.397. The molecule has 5 rings (SSSR count). The Morgan fingerprint density at radius 3 is 2.47 bits per heavy atom.